The van der Waals surface area contributed by atoms with E-state index in [-0.39, 0.29) is 11.1 Å². The van der Waals surface area contributed by atoms with Crippen LogP contribution < -0.4 is 0 Å². The predicted octanol–water partition coefficient (Wildman–Crippen LogP) is 1.69. The standard InChI is InChI=1S/C9H12BF/c1-9(2,10)7-5-3-4-6-8(7)11/h3-6H,10H2,1-2H3. The molecule has 0 aliphatic carbocycles. The first-order valence-electron chi connectivity index (χ1n) is 3.77. The van der Waals surface area contributed by atoms with E-state index in [1.165, 1.54) is 6.07 Å². The summed E-state index contributed by atoms with van der Waals surface area (Å²) in [5.41, 5.74) is 0.778. The first-order valence-corrected chi connectivity index (χ1v) is 3.77. The van der Waals surface area contributed by atoms with E-state index in [1.54, 1.807) is 6.07 Å². The summed E-state index contributed by atoms with van der Waals surface area (Å²) >= 11 is 0. The minimum Gasteiger partial charge on any atom is -0.207 e. The lowest BCUT2D eigenvalue weighted by Gasteiger charge is -2.19. The molecule has 0 heterocycles. The van der Waals surface area contributed by atoms with E-state index in [0.717, 1.165) is 5.56 Å². The van der Waals surface area contributed by atoms with Gasteiger partial charge in [-0.05, 0) is 16.9 Å². The molecule has 0 saturated heterocycles. The highest BCUT2D eigenvalue weighted by molar-refractivity contribution is 6.15. The molecule has 0 aliphatic rings. The van der Waals surface area contributed by atoms with Gasteiger partial charge in [0.2, 0.25) is 0 Å². The number of rotatable bonds is 1. The molecule has 0 saturated carbocycles. The zero-order valence-corrected chi connectivity index (χ0v) is 7.19. The van der Waals surface area contributed by atoms with Crippen molar-refractivity contribution >= 4 is 7.85 Å². The molecule has 0 spiro atoms. The smallest absolute Gasteiger partial charge is 0.126 e. The van der Waals surface area contributed by atoms with Crippen molar-refractivity contribution in [1.82, 2.24) is 0 Å². The molecule has 0 amide bonds. The molecule has 0 aliphatic heterocycles. The van der Waals surface area contributed by atoms with E-state index in [2.05, 4.69) is 0 Å². The molecule has 2 heteroatoms. The van der Waals surface area contributed by atoms with Gasteiger partial charge in [0.15, 0.2) is 0 Å². The minimum absolute atomic E-state index is 0.0919. The fraction of sp³-hybridized carbons (Fsp3) is 0.333. The molecule has 1 rings (SSSR count). The van der Waals surface area contributed by atoms with Crippen molar-refractivity contribution in [2.45, 2.75) is 19.2 Å². The van der Waals surface area contributed by atoms with Crippen LogP contribution in [0, 0.1) is 5.82 Å². The van der Waals surface area contributed by atoms with Crippen LogP contribution in [-0.4, -0.2) is 7.85 Å². The molecule has 1 aromatic rings. The highest BCUT2D eigenvalue weighted by Crippen LogP contribution is 2.21. The Balaban J connectivity index is 3.14. The monoisotopic (exact) mass is 150 g/mol. The highest BCUT2D eigenvalue weighted by Gasteiger charge is 2.16. The molecule has 0 aromatic heterocycles. The van der Waals surface area contributed by atoms with Crippen LogP contribution in [0.4, 0.5) is 4.39 Å². The van der Waals surface area contributed by atoms with Gasteiger partial charge in [0.25, 0.3) is 0 Å². The third-order valence-corrected chi connectivity index (χ3v) is 1.68. The Morgan fingerprint density at radius 2 is 1.82 bits per heavy atom. The lowest BCUT2D eigenvalue weighted by Crippen LogP contribution is -2.18. The quantitative estimate of drug-likeness (QED) is 0.534. The Morgan fingerprint density at radius 3 is 2.18 bits per heavy atom. The summed E-state index contributed by atoms with van der Waals surface area (Å²) in [5, 5.41) is -0.0919. The van der Waals surface area contributed by atoms with E-state index in [0.29, 0.717) is 0 Å². The summed E-state index contributed by atoms with van der Waals surface area (Å²) in [5.74, 6) is -0.111. The summed E-state index contributed by atoms with van der Waals surface area (Å²) in [6.07, 6.45) is 0. The van der Waals surface area contributed by atoms with Crippen LogP contribution in [0.1, 0.15) is 19.4 Å². The number of hydrogen-bond acceptors (Lipinski definition) is 0. The first-order chi connectivity index (χ1) is 5.02. The average molecular weight is 150 g/mol. The molecule has 0 nitrogen and oxygen atoms in total. The third kappa shape index (κ3) is 1.82. The summed E-state index contributed by atoms with van der Waals surface area (Å²) in [6, 6.07) is 6.91. The summed E-state index contributed by atoms with van der Waals surface area (Å²) in [4.78, 5) is 0. The molecular formula is C9H12BF. The van der Waals surface area contributed by atoms with E-state index < -0.39 is 0 Å². The largest absolute Gasteiger partial charge is 0.207 e. The van der Waals surface area contributed by atoms with Crippen LogP contribution >= 0.6 is 0 Å². The maximum atomic E-state index is 13.1. The third-order valence-electron chi connectivity index (χ3n) is 1.68. The lowest BCUT2D eigenvalue weighted by molar-refractivity contribution is 0.583. The second-order valence-corrected chi connectivity index (χ2v) is 3.73. The Bertz CT molecular complexity index is 250. The zero-order chi connectivity index (χ0) is 8.48. The maximum absolute atomic E-state index is 13.1. The van der Waals surface area contributed by atoms with Crippen molar-refractivity contribution < 1.29 is 4.39 Å². The normalized spacial score (nSPS) is 11.5. The number of halogens is 1. The predicted molar refractivity (Wildman–Crippen MR) is 48.0 cm³/mol. The van der Waals surface area contributed by atoms with Crippen LogP contribution in [-0.2, 0) is 5.31 Å². The molecule has 0 fully saturated rings. The van der Waals surface area contributed by atoms with Gasteiger partial charge in [-0.3, -0.25) is 0 Å². The lowest BCUT2D eigenvalue weighted by atomic mass is 9.67. The van der Waals surface area contributed by atoms with E-state index in [9.17, 15) is 4.39 Å². The summed E-state index contributed by atoms with van der Waals surface area (Å²) in [7, 11) is 2.01. The van der Waals surface area contributed by atoms with E-state index >= 15 is 0 Å². The molecule has 58 valence electrons. The second kappa shape index (κ2) is 2.69. The van der Waals surface area contributed by atoms with Gasteiger partial charge in [0, 0.05) is 0 Å². The number of hydrogen-bond donors (Lipinski definition) is 0. The molecular weight excluding hydrogens is 138 g/mol. The SMILES string of the molecule is BC(C)(C)c1ccccc1F. The summed E-state index contributed by atoms with van der Waals surface area (Å²) in [6.45, 7) is 4.01. The Labute approximate surface area is 67.8 Å². The van der Waals surface area contributed by atoms with Gasteiger partial charge in [-0.2, -0.15) is 0 Å². The van der Waals surface area contributed by atoms with Gasteiger partial charge in [0.05, 0.1) is 0 Å². The molecule has 0 unspecified atom stereocenters. The average Bonchev–Trinajstić information content (AvgIpc) is 1.86. The number of benzene rings is 1. The molecule has 0 radical (unpaired) electrons. The van der Waals surface area contributed by atoms with Gasteiger partial charge in [-0.15, -0.1) is 0 Å². The van der Waals surface area contributed by atoms with Crippen LogP contribution in [0.3, 0.4) is 0 Å². The van der Waals surface area contributed by atoms with Gasteiger partial charge in [-0.25, -0.2) is 4.39 Å². The fourth-order valence-corrected chi connectivity index (χ4v) is 1.07. The second-order valence-electron chi connectivity index (χ2n) is 3.73. The van der Waals surface area contributed by atoms with Crippen molar-refractivity contribution in [1.29, 1.82) is 0 Å². The first kappa shape index (κ1) is 8.31. The highest BCUT2D eigenvalue weighted by atomic mass is 19.1. The van der Waals surface area contributed by atoms with Crippen LogP contribution in [0.15, 0.2) is 24.3 Å². The van der Waals surface area contributed by atoms with Gasteiger partial charge in [0.1, 0.15) is 13.7 Å². The zero-order valence-electron chi connectivity index (χ0n) is 7.19. The van der Waals surface area contributed by atoms with Crippen LogP contribution in [0.25, 0.3) is 0 Å². The van der Waals surface area contributed by atoms with Crippen molar-refractivity contribution in [2.75, 3.05) is 0 Å². The van der Waals surface area contributed by atoms with E-state index in [1.807, 2.05) is 33.8 Å². The Kier molecular flexibility index (Phi) is 2.03. The van der Waals surface area contributed by atoms with E-state index in [4.69, 9.17) is 0 Å². The van der Waals surface area contributed by atoms with Gasteiger partial charge in [-0.1, -0.05) is 32.0 Å². The van der Waals surface area contributed by atoms with Crippen LogP contribution in [0.5, 0.6) is 0 Å². The Hall–Kier alpha value is -0.785. The fourth-order valence-electron chi connectivity index (χ4n) is 1.07. The van der Waals surface area contributed by atoms with Crippen LogP contribution in [0.2, 0.25) is 0 Å². The van der Waals surface area contributed by atoms with Crippen molar-refractivity contribution in [2.24, 2.45) is 0 Å². The van der Waals surface area contributed by atoms with Crippen molar-refractivity contribution in [3.8, 4) is 0 Å². The summed E-state index contributed by atoms with van der Waals surface area (Å²) < 4.78 is 13.1. The Morgan fingerprint density at radius 1 is 1.27 bits per heavy atom. The molecule has 0 atom stereocenters. The van der Waals surface area contributed by atoms with Crippen molar-refractivity contribution in [3.05, 3.63) is 35.6 Å². The van der Waals surface area contributed by atoms with Gasteiger partial charge < -0.3 is 0 Å². The maximum Gasteiger partial charge on any atom is 0.126 e. The van der Waals surface area contributed by atoms with Crippen molar-refractivity contribution in [3.63, 3.8) is 0 Å². The minimum atomic E-state index is -0.111. The molecule has 0 bridgehead atoms. The molecule has 0 N–H and O–H groups in total. The topological polar surface area (TPSA) is 0 Å². The molecule has 11 heavy (non-hydrogen) atoms. The molecule has 1 aromatic carbocycles. The van der Waals surface area contributed by atoms with Gasteiger partial charge >= 0.3 is 0 Å².